The Morgan fingerprint density at radius 3 is 2.58 bits per heavy atom. The molecule has 5 heteroatoms. The normalized spacial score (nSPS) is 10.8. The zero-order chi connectivity index (χ0) is 9.30. The fourth-order valence-corrected chi connectivity index (χ4v) is 2.16. The number of carbonyl (C=O) groups is 1. The van der Waals surface area contributed by atoms with Gasteiger partial charge in [-0.1, -0.05) is 0 Å². The van der Waals surface area contributed by atoms with E-state index >= 15 is 0 Å². The highest BCUT2D eigenvalue weighted by Gasteiger charge is 2.20. The predicted octanol–water partition coefficient (Wildman–Crippen LogP) is 3.27. The number of hydrogen-bond donors (Lipinski definition) is 0. The summed E-state index contributed by atoms with van der Waals surface area (Å²) in [7, 11) is 0. The van der Waals surface area contributed by atoms with Crippen molar-refractivity contribution in [2.45, 2.75) is 13.3 Å². The van der Waals surface area contributed by atoms with E-state index in [-0.39, 0.29) is 4.88 Å². The molecule has 66 valence electrons. The second-order valence-electron chi connectivity index (χ2n) is 2.23. The average Bonchev–Trinajstić information content (AvgIpc) is 2.30. The standard InChI is InChI=1S/C7H5BrF2OS/c1-3-2-4(12-6(3)8)5(11)7(9)10/h2,7H,1H3. The third-order valence-corrected chi connectivity index (χ3v) is 3.45. The molecule has 0 N–H and O–H groups in total. The zero-order valence-electron chi connectivity index (χ0n) is 6.11. The van der Waals surface area contributed by atoms with E-state index in [2.05, 4.69) is 15.9 Å². The molecule has 0 fully saturated rings. The summed E-state index contributed by atoms with van der Waals surface area (Å²) in [5, 5.41) is 0. The van der Waals surface area contributed by atoms with Crippen molar-refractivity contribution < 1.29 is 13.6 Å². The molecular weight excluding hydrogens is 250 g/mol. The molecule has 0 amide bonds. The summed E-state index contributed by atoms with van der Waals surface area (Å²) in [4.78, 5) is 10.9. The van der Waals surface area contributed by atoms with Crippen LogP contribution in [-0.2, 0) is 0 Å². The lowest BCUT2D eigenvalue weighted by Gasteiger charge is -1.91. The van der Waals surface area contributed by atoms with Gasteiger partial charge in [0.25, 0.3) is 0 Å². The SMILES string of the molecule is Cc1cc(C(=O)C(F)F)sc1Br. The fourth-order valence-electron chi connectivity index (χ4n) is 0.689. The van der Waals surface area contributed by atoms with Crippen LogP contribution in [0.25, 0.3) is 0 Å². The molecule has 0 saturated heterocycles. The number of aryl methyl sites for hydroxylation is 1. The van der Waals surface area contributed by atoms with Crippen LogP contribution in [0.15, 0.2) is 9.85 Å². The van der Waals surface area contributed by atoms with Gasteiger partial charge in [-0.3, -0.25) is 4.79 Å². The molecule has 0 radical (unpaired) electrons. The van der Waals surface area contributed by atoms with E-state index in [1.165, 1.54) is 6.07 Å². The molecule has 1 nitrogen and oxygen atoms in total. The number of hydrogen-bond acceptors (Lipinski definition) is 2. The van der Waals surface area contributed by atoms with Crippen molar-refractivity contribution in [3.8, 4) is 0 Å². The minimum Gasteiger partial charge on any atom is -0.287 e. The maximum absolute atomic E-state index is 11.9. The Hall–Kier alpha value is -0.290. The molecular formula is C7H5BrF2OS. The third kappa shape index (κ3) is 1.90. The van der Waals surface area contributed by atoms with Crippen molar-refractivity contribution in [3.05, 3.63) is 20.3 Å². The Morgan fingerprint density at radius 2 is 2.25 bits per heavy atom. The lowest BCUT2D eigenvalue weighted by atomic mass is 10.3. The molecule has 12 heavy (non-hydrogen) atoms. The van der Waals surface area contributed by atoms with E-state index in [1.54, 1.807) is 6.92 Å². The van der Waals surface area contributed by atoms with Crippen molar-refractivity contribution in [1.29, 1.82) is 0 Å². The molecule has 1 rings (SSSR count). The Labute approximate surface area is 80.5 Å². The maximum atomic E-state index is 11.9. The first kappa shape index (κ1) is 9.80. The predicted molar refractivity (Wildman–Crippen MR) is 47.1 cm³/mol. The Morgan fingerprint density at radius 1 is 1.67 bits per heavy atom. The first-order chi connectivity index (χ1) is 5.52. The van der Waals surface area contributed by atoms with Gasteiger partial charge in [0.05, 0.1) is 8.66 Å². The monoisotopic (exact) mass is 254 g/mol. The van der Waals surface area contributed by atoms with Gasteiger partial charge in [-0.25, -0.2) is 8.78 Å². The van der Waals surface area contributed by atoms with Gasteiger partial charge >= 0.3 is 6.43 Å². The van der Waals surface area contributed by atoms with Crippen molar-refractivity contribution in [1.82, 2.24) is 0 Å². The molecule has 0 aliphatic heterocycles. The summed E-state index contributed by atoms with van der Waals surface area (Å²) < 4.78 is 24.5. The van der Waals surface area contributed by atoms with Crippen LogP contribution < -0.4 is 0 Å². The van der Waals surface area contributed by atoms with Gasteiger partial charge < -0.3 is 0 Å². The highest BCUT2D eigenvalue weighted by atomic mass is 79.9. The van der Waals surface area contributed by atoms with Gasteiger partial charge in [-0.05, 0) is 34.5 Å². The number of carbonyl (C=O) groups excluding carboxylic acids is 1. The summed E-state index contributed by atoms with van der Waals surface area (Å²) in [6, 6.07) is 1.46. The van der Waals surface area contributed by atoms with Gasteiger partial charge in [0.2, 0.25) is 5.78 Å². The largest absolute Gasteiger partial charge is 0.301 e. The van der Waals surface area contributed by atoms with Crippen molar-refractivity contribution in [2.75, 3.05) is 0 Å². The summed E-state index contributed by atoms with van der Waals surface area (Å²) in [6.45, 7) is 1.75. The lowest BCUT2D eigenvalue weighted by molar-refractivity contribution is 0.0683. The third-order valence-electron chi connectivity index (χ3n) is 1.30. The topological polar surface area (TPSA) is 17.1 Å². The average molecular weight is 255 g/mol. The molecule has 0 spiro atoms. The lowest BCUT2D eigenvalue weighted by Crippen LogP contribution is -2.07. The molecule has 0 bridgehead atoms. The molecule has 0 aliphatic carbocycles. The molecule has 0 aromatic carbocycles. The van der Waals surface area contributed by atoms with Crippen LogP contribution in [0, 0.1) is 6.92 Å². The van der Waals surface area contributed by atoms with Crippen LogP contribution in [0.4, 0.5) is 8.78 Å². The summed E-state index contributed by atoms with van der Waals surface area (Å²) in [5.41, 5.74) is 0.809. The van der Waals surface area contributed by atoms with E-state index in [0.717, 1.165) is 20.7 Å². The number of alkyl halides is 2. The molecule has 0 saturated carbocycles. The van der Waals surface area contributed by atoms with Crippen molar-refractivity contribution in [2.24, 2.45) is 0 Å². The van der Waals surface area contributed by atoms with Crippen LogP contribution in [0.5, 0.6) is 0 Å². The van der Waals surface area contributed by atoms with Crippen LogP contribution in [0.3, 0.4) is 0 Å². The van der Waals surface area contributed by atoms with Gasteiger partial charge in [0.15, 0.2) is 0 Å². The number of ketones is 1. The first-order valence-electron chi connectivity index (χ1n) is 3.10. The quantitative estimate of drug-likeness (QED) is 0.741. The number of rotatable bonds is 2. The maximum Gasteiger partial charge on any atom is 0.301 e. The molecule has 0 unspecified atom stereocenters. The molecule has 1 aromatic rings. The minimum absolute atomic E-state index is 0.106. The van der Waals surface area contributed by atoms with Crippen molar-refractivity contribution >= 4 is 33.0 Å². The van der Waals surface area contributed by atoms with Gasteiger partial charge in [-0.2, -0.15) is 0 Å². The van der Waals surface area contributed by atoms with E-state index < -0.39 is 12.2 Å². The fraction of sp³-hybridized carbons (Fsp3) is 0.286. The number of halogens is 3. The van der Waals surface area contributed by atoms with Gasteiger partial charge in [0.1, 0.15) is 0 Å². The summed E-state index contributed by atoms with van der Waals surface area (Å²) >= 11 is 4.19. The van der Waals surface area contributed by atoms with Gasteiger partial charge in [-0.15, -0.1) is 11.3 Å². The summed E-state index contributed by atoms with van der Waals surface area (Å²) in [5.74, 6) is -1.10. The van der Waals surface area contributed by atoms with Gasteiger partial charge in [0, 0.05) is 0 Å². The van der Waals surface area contributed by atoms with E-state index in [9.17, 15) is 13.6 Å². The molecule has 1 heterocycles. The second-order valence-corrected chi connectivity index (χ2v) is 4.60. The van der Waals surface area contributed by atoms with Crippen LogP contribution in [-0.4, -0.2) is 12.2 Å². The van der Waals surface area contributed by atoms with E-state index in [1.807, 2.05) is 0 Å². The minimum atomic E-state index is -2.91. The molecule has 0 aliphatic rings. The highest BCUT2D eigenvalue weighted by Crippen LogP contribution is 2.28. The zero-order valence-corrected chi connectivity index (χ0v) is 8.51. The van der Waals surface area contributed by atoms with Crippen LogP contribution in [0.2, 0.25) is 0 Å². The second kappa shape index (κ2) is 3.62. The Bertz CT molecular complexity index is 289. The first-order valence-corrected chi connectivity index (χ1v) is 4.71. The van der Waals surface area contributed by atoms with Crippen molar-refractivity contribution in [3.63, 3.8) is 0 Å². The van der Waals surface area contributed by atoms with E-state index in [0.29, 0.717) is 0 Å². The van der Waals surface area contributed by atoms with Crippen LogP contribution >= 0.6 is 27.3 Å². The van der Waals surface area contributed by atoms with E-state index in [4.69, 9.17) is 0 Å². The molecule has 1 aromatic heterocycles. The van der Waals surface area contributed by atoms with Crippen LogP contribution in [0.1, 0.15) is 15.2 Å². The molecule has 0 atom stereocenters. The highest BCUT2D eigenvalue weighted by molar-refractivity contribution is 9.11. The Balaban J connectivity index is 2.97. The summed E-state index contributed by atoms with van der Waals surface area (Å²) in [6.07, 6.45) is -2.91. The number of Topliss-reactive ketones (excluding diaryl/α,β-unsaturated/α-hetero) is 1. The Kier molecular flexibility index (Phi) is 2.95. The number of thiophene rings is 1. The smallest absolute Gasteiger partial charge is 0.287 e.